The van der Waals surface area contributed by atoms with Gasteiger partial charge < -0.3 is 14.6 Å². The zero-order chi connectivity index (χ0) is 23.3. The molecule has 1 aliphatic rings. The van der Waals surface area contributed by atoms with Crippen molar-refractivity contribution in [3.05, 3.63) is 71.8 Å². The van der Waals surface area contributed by atoms with Gasteiger partial charge in [-0.3, -0.25) is 9.48 Å². The molecule has 0 aliphatic carbocycles. The highest BCUT2D eigenvalue weighted by Gasteiger charge is 2.38. The molecule has 3 heterocycles. The molecule has 0 atom stereocenters. The molecular formula is C20H19F4N5O3. The number of hydrogen-bond donors (Lipinski definition) is 1. The van der Waals surface area contributed by atoms with Crippen LogP contribution >= 0.6 is 0 Å². The molecule has 0 radical (unpaired) electrons. The van der Waals surface area contributed by atoms with Gasteiger partial charge in [0.05, 0.1) is 31.4 Å². The number of rotatable bonds is 4. The highest BCUT2D eigenvalue weighted by molar-refractivity contribution is 5.78. The first-order valence-corrected chi connectivity index (χ1v) is 9.46. The lowest BCUT2D eigenvalue weighted by molar-refractivity contribution is -0.192. The van der Waals surface area contributed by atoms with Crippen molar-refractivity contribution in [2.45, 2.75) is 32.2 Å². The number of aliphatic carboxylic acids is 1. The minimum Gasteiger partial charge on any atom is -0.475 e. The molecule has 0 unspecified atom stereocenters. The Morgan fingerprint density at radius 1 is 1.12 bits per heavy atom. The Balaban J connectivity index is 0.000000360. The van der Waals surface area contributed by atoms with Crippen LogP contribution in [0.5, 0.6) is 0 Å². The summed E-state index contributed by atoms with van der Waals surface area (Å²) in [6, 6.07) is 7.96. The van der Waals surface area contributed by atoms with Crippen LogP contribution in [-0.2, 0) is 35.6 Å². The van der Waals surface area contributed by atoms with Crippen molar-refractivity contribution >= 4 is 11.9 Å². The van der Waals surface area contributed by atoms with E-state index in [2.05, 4.69) is 14.6 Å². The average molecular weight is 453 g/mol. The minimum absolute atomic E-state index is 0.0366. The van der Waals surface area contributed by atoms with Gasteiger partial charge >= 0.3 is 12.1 Å². The maximum Gasteiger partial charge on any atom is 0.490 e. The van der Waals surface area contributed by atoms with Gasteiger partial charge in [0.15, 0.2) is 0 Å². The number of imidazole rings is 1. The van der Waals surface area contributed by atoms with Crippen LogP contribution in [0.3, 0.4) is 0 Å². The molecule has 2 aromatic heterocycles. The van der Waals surface area contributed by atoms with E-state index in [1.165, 1.54) is 12.1 Å². The molecule has 8 nitrogen and oxygen atoms in total. The third kappa shape index (κ3) is 5.93. The van der Waals surface area contributed by atoms with Gasteiger partial charge in [-0.2, -0.15) is 18.3 Å². The first kappa shape index (κ1) is 23.0. The molecule has 0 saturated carbocycles. The van der Waals surface area contributed by atoms with E-state index < -0.39 is 12.1 Å². The lowest BCUT2D eigenvalue weighted by Gasteiger charge is -2.28. The number of amides is 1. The first-order valence-electron chi connectivity index (χ1n) is 9.46. The number of aromatic nitrogens is 4. The van der Waals surface area contributed by atoms with Crippen LogP contribution in [0.25, 0.3) is 0 Å². The normalized spacial score (nSPS) is 13.2. The van der Waals surface area contributed by atoms with Crippen molar-refractivity contribution in [3.8, 4) is 0 Å². The molecule has 0 bridgehead atoms. The lowest BCUT2D eigenvalue weighted by atomic mass is 10.1. The Hall–Kier alpha value is -3.70. The van der Waals surface area contributed by atoms with Crippen LogP contribution in [0.1, 0.15) is 17.1 Å². The number of alkyl halides is 3. The zero-order valence-electron chi connectivity index (χ0n) is 16.7. The number of hydrogen-bond acceptors (Lipinski definition) is 4. The van der Waals surface area contributed by atoms with E-state index in [9.17, 15) is 22.4 Å². The Kier molecular flexibility index (Phi) is 6.91. The quantitative estimate of drug-likeness (QED) is 0.613. The van der Waals surface area contributed by atoms with E-state index in [0.29, 0.717) is 19.6 Å². The fraction of sp³-hybridized carbons (Fsp3) is 0.300. The third-order valence-electron chi connectivity index (χ3n) is 4.69. The molecule has 1 N–H and O–H groups in total. The molecule has 0 saturated heterocycles. The summed E-state index contributed by atoms with van der Waals surface area (Å²) in [5.74, 6) is -2.12. The van der Waals surface area contributed by atoms with Crippen LogP contribution in [-0.4, -0.2) is 53.9 Å². The summed E-state index contributed by atoms with van der Waals surface area (Å²) < 4.78 is 48.7. The zero-order valence-corrected chi connectivity index (χ0v) is 16.7. The summed E-state index contributed by atoms with van der Waals surface area (Å²) in [7, 11) is 0. The second-order valence-corrected chi connectivity index (χ2v) is 6.94. The molecule has 170 valence electrons. The van der Waals surface area contributed by atoms with E-state index in [0.717, 1.165) is 23.6 Å². The van der Waals surface area contributed by atoms with Crippen molar-refractivity contribution in [2.24, 2.45) is 0 Å². The number of halogens is 4. The number of benzene rings is 1. The topological polar surface area (TPSA) is 93.3 Å². The van der Waals surface area contributed by atoms with Crippen molar-refractivity contribution in [3.63, 3.8) is 0 Å². The molecule has 1 aliphatic heterocycles. The lowest BCUT2D eigenvalue weighted by Crippen LogP contribution is -2.39. The van der Waals surface area contributed by atoms with Gasteiger partial charge in [0.1, 0.15) is 11.6 Å². The van der Waals surface area contributed by atoms with E-state index in [1.807, 2.05) is 28.0 Å². The molecule has 12 heteroatoms. The molecular weight excluding hydrogens is 434 g/mol. The second kappa shape index (κ2) is 9.62. The van der Waals surface area contributed by atoms with Crippen LogP contribution in [0.15, 0.2) is 48.9 Å². The maximum atomic E-state index is 13.0. The number of carbonyl (C=O) groups excluding carboxylic acids is 1. The monoisotopic (exact) mass is 453 g/mol. The molecule has 32 heavy (non-hydrogen) atoms. The van der Waals surface area contributed by atoms with Gasteiger partial charge in [-0.25, -0.2) is 14.2 Å². The smallest absolute Gasteiger partial charge is 0.475 e. The second-order valence-electron chi connectivity index (χ2n) is 6.94. The summed E-state index contributed by atoms with van der Waals surface area (Å²) in [6.07, 6.45) is 0.719. The minimum atomic E-state index is -5.08. The molecule has 1 aromatic carbocycles. The standard InChI is InChI=1S/C18H18FN5O.C2HF3O2/c19-15-4-2-14(3-5-15)10-18(25)22-8-9-24-16(11-20-17(24)13-22)12-23-7-1-6-21-23;3-2(4,5)1(6)7/h1-7,11H,8-10,12-13H2;(H,6,7). The number of carbonyl (C=O) groups is 2. The van der Waals surface area contributed by atoms with Crippen molar-refractivity contribution < 1.29 is 32.3 Å². The van der Waals surface area contributed by atoms with Crippen LogP contribution in [0, 0.1) is 5.82 Å². The van der Waals surface area contributed by atoms with Crippen molar-refractivity contribution in [2.75, 3.05) is 6.54 Å². The molecule has 3 aromatic rings. The van der Waals surface area contributed by atoms with Gasteiger partial charge in [-0.15, -0.1) is 0 Å². The fourth-order valence-electron chi connectivity index (χ4n) is 3.11. The first-order chi connectivity index (χ1) is 15.1. The molecule has 4 rings (SSSR count). The number of carboxylic acid groups (broad SMARTS) is 1. The highest BCUT2D eigenvalue weighted by Crippen LogP contribution is 2.17. The Morgan fingerprint density at radius 2 is 1.81 bits per heavy atom. The largest absolute Gasteiger partial charge is 0.490 e. The van der Waals surface area contributed by atoms with Gasteiger partial charge in [0.25, 0.3) is 0 Å². The van der Waals surface area contributed by atoms with Crippen LogP contribution in [0.2, 0.25) is 0 Å². The predicted octanol–water partition coefficient (Wildman–Crippen LogP) is 2.49. The predicted molar refractivity (Wildman–Crippen MR) is 103 cm³/mol. The number of nitrogens with zero attached hydrogens (tertiary/aromatic N) is 5. The maximum absolute atomic E-state index is 13.0. The van der Waals surface area contributed by atoms with E-state index in [4.69, 9.17) is 9.90 Å². The third-order valence-corrected chi connectivity index (χ3v) is 4.69. The Labute approximate surface area is 179 Å². The van der Waals surface area contributed by atoms with E-state index >= 15 is 0 Å². The summed E-state index contributed by atoms with van der Waals surface area (Å²) >= 11 is 0. The average Bonchev–Trinajstić information content (AvgIpc) is 3.39. The summed E-state index contributed by atoms with van der Waals surface area (Å²) in [6.45, 7) is 2.54. The van der Waals surface area contributed by atoms with Crippen molar-refractivity contribution in [1.82, 2.24) is 24.2 Å². The summed E-state index contributed by atoms with van der Waals surface area (Å²) in [4.78, 5) is 27.7. The van der Waals surface area contributed by atoms with E-state index in [-0.39, 0.29) is 18.1 Å². The van der Waals surface area contributed by atoms with Crippen LogP contribution in [0.4, 0.5) is 17.6 Å². The van der Waals surface area contributed by atoms with Gasteiger partial charge in [0.2, 0.25) is 5.91 Å². The SMILES string of the molecule is O=C(Cc1ccc(F)cc1)N1CCn2c(Cn3cccn3)cnc2C1.O=C(O)C(F)(F)F. The van der Waals surface area contributed by atoms with E-state index in [1.54, 1.807) is 18.3 Å². The molecule has 1 amide bonds. The van der Waals surface area contributed by atoms with Crippen LogP contribution < -0.4 is 0 Å². The van der Waals surface area contributed by atoms with Crippen molar-refractivity contribution in [1.29, 1.82) is 0 Å². The number of fused-ring (bicyclic) bond motifs is 1. The van der Waals surface area contributed by atoms with Gasteiger partial charge in [0, 0.05) is 25.5 Å². The Morgan fingerprint density at radius 3 is 2.41 bits per heavy atom. The fourth-order valence-corrected chi connectivity index (χ4v) is 3.11. The summed E-state index contributed by atoms with van der Waals surface area (Å²) in [5, 5.41) is 11.3. The molecule has 0 fully saturated rings. The van der Waals surface area contributed by atoms with Gasteiger partial charge in [-0.1, -0.05) is 12.1 Å². The number of carboxylic acids is 1. The summed E-state index contributed by atoms with van der Waals surface area (Å²) in [5.41, 5.74) is 1.91. The highest BCUT2D eigenvalue weighted by atomic mass is 19.4. The van der Waals surface area contributed by atoms with Gasteiger partial charge in [-0.05, 0) is 23.8 Å². The molecule has 0 spiro atoms. The Bertz CT molecular complexity index is 1060.